The zero-order valence-corrected chi connectivity index (χ0v) is 11.1. The number of hydrogen-bond acceptors (Lipinski definition) is 2. The van der Waals surface area contributed by atoms with Crippen molar-refractivity contribution in [1.82, 2.24) is 9.97 Å². The van der Waals surface area contributed by atoms with Gasteiger partial charge in [-0.25, -0.2) is 14.4 Å². The molecule has 3 rings (SSSR count). The predicted molar refractivity (Wildman–Crippen MR) is 75.0 cm³/mol. The van der Waals surface area contributed by atoms with Gasteiger partial charge in [-0.3, -0.25) is 0 Å². The van der Waals surface area contributed by atoms with E-state index in [9.17, 15) is 4.39 Å². The molecule has 2 nitrogen and oxygen atoms in total. The van der Waals surface area contributed by atoms with Crippen LogP contribution in [0.3, 0.4) is 0 Å². The number of aromatic nitrogens is 2. The van der Waals surface area contributed by atoms with E-state index in [0.29, 0.717) is 21.4 Å². The van der Waals surface area contributed by atoms with Crippen molar-refractivity contribution in [2.45, 2.75) is 0 Å². The van der Waals surface area contributed by atoms with Crippen LogP contribution in [0.5, 0.6) is 0 Å². The molecule has 0 aliphatic rings. The van der Waals surface area contributed by atoms with Gasteiger partial charge in [0.2, 0.25) is 0 Å². The highest BCUT2D eigenvalue weighted by atomic mass is 35.5. The summed E-state index contributed by atoms with van der Waals surface area (Å²) in [5.41, 5.74) is 1.12. The molecule has 0 saturated carbocycles. The molecule has 0 aliphatic carbocycles. The number of halogens is 3. The van der Waals surface area contributed by atoms with Crippen LogP contribution in [0.25, 0.3) is 22.3 Å². The van der Waals surface area contributed by atoms with Gasteiger partial charge < -0.3 is 0 Å². The third kappa shape index (κ3) is 2.27. The van der Waals surface area contributed by atoms with E-state index >= 15 is 0 Å². The smallest absolute Gasteiger partial charge is 0.159 e. The summed E-state index contributed by atoms with van der Waals surface area (Å²) in [6, 6.07) is 9.62. The second-order valence-electron chi connectivity index (χ2n) is 3.99. The van der Waals surface area contributed by atoms with Crippen LogP contribution in [0.2, 0.25) is 10.0 Å². The maximum absolute atomic E-state index is 13.9. The lowest BCUT2D eigenvalue weighted by Gasteiger charge is -2.07. The van der Waals surface area contributed by atoms with Crippen LogP contribution in [-0.4, -0.2) is 9.97 Å². The van der Waals surface area contributed by atoms with E-state index < -0.39 is 5.82 Å². The van der Waals surface area contributed by atoms with Gasteiger partial charge in [0.1, 0.15) is 5.82 Å². The van der Waals surface area contributed by atoms with E-state index in [1.165, 1.54) is 18.2 Å². The molecule has 0 radical (unpaired) electrons. The molecule has 0 saturated heterocycles. The summed E-state index contributed by atoms with van der Waals surface area (Å²) in [6.07, 6.45) is 1.63. The third-order valence-electron chi connectivity index (χ3n) is 2.73. The van der Waals surface area contributed by atoms with Crippen molar-refractivity contribution in [3.63, 3.8) is 0 Å². The zero-order valence-electron chi connectivity index (χ0n) is 9.57. The maximum atomic E-state index is 13.9. The summed E-state index contributed by atoms with van der Waals surface area (Å²) < 4.78 is 13.9. The van der Waals surface area contributed by atoms with Crippen molar-refractivity contribution in [1.29, 1.82) is 0 Å². The fraction of sp³-hybridized carbons (Fsp3) is 0. The van der Waals surface area contributed by atoms with Crippen LogP contribution < -0.4 is 0 Å². The molecule has 0 fully saturated rings. The average Bonchev–Trinajstić information content (AvgIpc) is 2.41. The van der Waals surface area contributed by atoms with Gasteiger partial charge in [-0.1, -0.05) is 23.2 Å². The highest BCUT2D eigenvalue weighted by Crippen LogP contribution is 2.31. The number of benzene rings is 1. The van der Waals surface area contributed by atoms with Crippen molar-refractivity contribution >= 4 is 34.2 Å². The monoisotopic (exact) mass is 292 g/mol. The minimum atomic E-state index is -0.422. The van der Waals surface area contributed by atoms with Crippen LogP contribution in [0.4, 0.5) is 4.39 Å². The second-order valence-corrected chi connectivity index (χ2v) is 4.84. The topological polar surface area (TPSA) is 25.8 Å². The molecule has 0 unspecified atom stereocenters. The van der Waals surface area contributed by atoms with Gasteiger partial charge in [0.05, 0.1) is 10.7 Å². The van der Waals surface area contributed by atoms with Gasteiger partial charge in [0.25, 0.3) is 0 Å². The first kappa shape index (κ1) is 12.3. The van der Waals surface area contributed by atoms with Gasteiger partial charge in [-0.15, -0.1) is 0 Å². The van der Waals surface area contributed by atoms with Crippen molar-refractivity contribution in [3.05, 3.63) is 58.5 Å². The van der Waals surface area contributed by atoms with Crippen molar-refractivity contribution < 1.29 is 4.39 Å². The zero-order chi connectivity index (χ0) is 13.4. The van der Waals surface area contributed by atoms with Gasteiger partial charge in [0, 0.05) is 22.2 Å². The third-order valence-corrected chi connectivity index (χ3v) is 3.25. The summed E-state index contributed by atoms with van der Waals surface area (Å²) in [5.74, 6) is -0.422. The lowest BCUT2D eigenvalue weighted by Crippen LogP contribution is -1.92. The molecule has 2 aromatic heterocycles. The van der Waals surface area contributed by atoms with Gasteiger partial charge in [-0.2, -0.15) is 0 Å². The standard InChI is InChI=1S/C14H7Cl2FN2/c15-9-3-4-12(17)10(7-9)13-11(16)6-8-2-1-5-18-14(8)19-13/h1-7H. The van der Waals surface area contributed by atoms with E-state index in [1.54, 1.807) is 18.3 Å². The van der Waals surface area contributed by atoms with Gasteiger partial charge >= 0.3 is 0 Å². The molecule has 0 amide bonds. The Morgan fingerprint density at radius 2 is 1.89 bits per heavy atom. The van der Waals surface area contributed by atoms with E-state index in [4.69, 9.17) is 23.2 Å². The number of hydrogen-bond donors (Lipinski definition) is 0. The average molecular weight is 293 g/mol. The molecule has 0 bridgehead atoms. The Kier molecular flexibility index (Phi) is 3.09. The van der Waals surface area contributed by atoms with E-state index in [0.717, 1.165) is 5.39 Å². The van der Waals surface area contributed by atoms with E-state index in [1.807, 2.05) is 6.07 Å². The number of nitrogens with zero attached hydrogens (tertiary/aromatic N) is 2. The van der Waals surface area contributed by atoms with Crippen LogP contribution in [-0.2, 0) is 0 Å². The summed E-state index contributed by atoms with van der Waals surface area (Å²) in [6.45, 7) is 0. The first-order valence-electron chi connectivity index (χ1n) is 5.52. The fourth-order valence-electron chi connectivity index (χ4n) is 1.85. The molecule has 19 heavy (non-hydrogen) atoms. The van der Waals surface area contributed by atoms with E-state index in [2.05, 4.69) is 9.97 Å². The Hall–Kier alpha value is -1.71. The molecule has 0 N–H and O–H groups in total. The van der Waals surface area contributed by atoms with E-state index in [-0.39, 0.29) is 5.56 Å². The number of rotatable bonds is 1. The molecule has 0 spiro atoms. The highest BCUT2D eigenvalue weighted by Gasteiger charge is 2.13. The maximum Gasteiger partial charge on any atom is 0.159 e. The van der Waals surface area contributed by atoms with Crippen molar-refractivity contribution in [2.24, 2.45) is 0 Å². The number of fused-ring (bicyclic) bond motifs is 1. The summed E-state index contributed by atoms with van der Waals surface area (Å²) >= 11 is 12.0. The fourth-order valence-corrected chi connectivity index (χ4v) is 2.28. The van der Waals surface area contributed by atoms with Crippen LogP contribution in [0.15, 0.2) is 42.6 Å². The predicted octanol–water partition coefficient (Wildman–Crippen LogP) is 4.74. The lowest BCUT2D eigenvalue weighted by atomic mass is 10.1. The molecule has 94 valence electrons. The first-order valence-corrected chi connectivity index (χ1v) is 6.27. The molecule has 0 aliphatic heterocycles. The SMILES string of the molecule is Fc1ccc(Cl)cc1-c1nc2ncccc2cc1Cl. The molecule has 1 aromatic carbocycles. The summed E-state index contributed by atoms with van der Waals surface area (Å²) in [4.78, 5) is 8.44. The second kappa shape index (κ2) is 4.76. The largest absolute Gasteiger partial charge is 0.237 e. The Morgan fingerprint density at radius 1 is 1.05 bits per heavy atom. The quantitative estimate of drug-likeness (QED) is 0.647. The Bertz CT molecular complexity index is 774. The minimum Gasteiger partial charge on any atom is -0.237 e. The Balaban J connectivity index is 2.30. The van der Waals surface area contributed by atoms with Gasteiger partial charge in [0.15, 0.2) is 5.65 Å². The summed E-state index contributed by atoms with van der Waals surface area (Å²) in [7, 11) is 0. The normalized spacial score (nSPS) is 10.9. The Labute approximate surface area is 118 Å². The first-order chi connectivity index (χ1) is 9.15. The van der Waals surface area contributed by atoms with Gasteiger partial charge in [-0.05, 0) is 36.4 Å². The molecule has 0 atom stereocenters. The van der Waals surface area contributed by atoms with Crippen LogP contribution >= 0.6 is 23.2 Å². The minimum absolute atomic E-state index is 0.269. The Morgan fingerprint density at radius 3 is 2.74 bits per heavy atom. The molecular formula is C14H7Cl2FN2. The molecular weight excluding hydrogens is 286 g/mol. The van der Waals surface area contributed by atoms with Crippen LogP contribution in [0.1, 0.15) is 0 Å². The lowest BCUT2D eigenvalue weighted by molar-refractivity contribution is 0.631. The van der Waals surface area contributed by atoms with Crippen molar-refractivity contribution in [2.75, 3.05) is 0 Å². The molecule has 3 aromatic rings. The van der Waals surface area contributed by atoms with Crippen LogP contribution in [0, 0.1) is 5.82 Å². The highest BCUT2D eigenvalue weighted by molar-refractivity contribution is 6.34. The van der Waals surface area contributed by atoms with Crippen molar-refractivity contribution in [3.8, 4) is 11.3 Å². The summed E-state index contributed by atoms with van der Waals surface area (Å²) in [5, 5.41) is 1.59. The molecule has 2 heterocycles. The molecule has 5 heteroatoms. The number of pyridine rings is 2.